The van der Waals surface area contributed by atoms with Crippen molar-refractivity contribution in [3.63, 3.8) is 0 Å². The van der Waals surface area contributed by atoms with Crippen molar-refractivity contribution in [2.45, 2.75) is 34.6 Å². The van der Waals surface area contributed by atoms with Crippen LogP contribution >= 0.6 is 7.92 Å². The summed E-state index contributed by atoms with van der Waals surface area (Å²) < 4.78 is 0. The van der Waals surface area contributed by atoms with Gasteiger partial charge in [-0.15, -0.1) is 0 Å². The number of hydrogen-bond donors (Lipinski definition) is 0. The summed E-state index contributed by atoms with van der Waals surface area (Å²) in [4.78, 5) is 4.87. The molecule has 0 aliphatic carbocycles. The van der Waals surface area contributed by atoms with Gasteiger partial charge in [-0.2, -0.15) is 0 Å². The summed E-state index contributed by atoms with van der Waals surface area (Å²) in [7, 11) is -0.638. The Kier molecular flexibility index (Phi) is 4.83. The second kappa shape index (κ2) is 6.87. The summed E-state index contributed by atoms with van der Waals surface area (Å²) in [5.41, 5.74) is 7.52. The van der Waals surface area contributed by atoms with E-state index in [1.165, 1.54) is 38.3 Å². The fourth-order valence-electron chi connectivity index (χ4n) is 3.23. The summed E-state index contributed by atoms with van der Waals surface area (Å²) in [5, 5.41) is 2.76. The molecule has 0 bridgehead atoms. The van der Waals surface area contributed by atoms with Gasteiger partial charge in [0, 0.05) is 13.6 Å². The number of aryl methyl sites for hydroxylation is 5. The number of nitrogens with zero attached hydrogens (tertiary/aromatic N) is 1. The molecule has 3 aromatic rings. The summed E-state index contributed by atoms with van der Waals surface area (Å²) in [5.74, 6) is 0. The molecule has 0 spiro atoms. The van der Waals surface area contributed by atoms with Crippen LogP contribution in [-0.2, 0) is 0 Å². The SMILES string of the molecule is Cc1cc(C)cc(P(c2cc(C)cc(C)c2)c2cccc(C)n2)c1. The van der Waals surface area contributed by atoms with Crippen LogP contribution in [0.4, 0.5) is 0 Å². The van der Waals surface area contributed by atoms with E-state index >= 15 is 0 Å². The maximum Gasteiger partial charge on any atom is 0.0724 e. The Labute approximate surface area is 146 Å². The molecule has 0 amide bonds. The highest BCUT2D eigenvalue weighted by atomic mass is 31.1. The van der Waals surface area contributed by atoms with E-state index in [1.54, 1.807) is 0 Å². The Morgan fingerprint density at radius 2 is 1.08 bits per heavy atom. The standard InChI is InChI=1S/C22H24NP/c1-15-9-16(2)12-20(11-15)24(22-8-6-7-19(5)23-22)21-13-17(3)10-18(4)14-21/h6-14H,1-5H3. The lowest BCUT2D eigenvalue weighted by molar-refractivity contribution is 1.24. The van der Waals surface area contributed by atoms with Crippen molar-refractivity contribution < 1.29 is 0 Å². The molecule has 0 atom stereocenters. The molecule has 0 radical (unpaired) electrons. The van der Waals surface area contributed by atoms with Crippen molar-refractivity contribution in [1.82, 2.24) is 4.98 Å². The minimum Gasteiger partial charge on any atom is -0.253 e. The van der Waals surface area contributed by atoms with Crippen LogP contribution in [-0.4, -0.2) is 4.98 Å². The second-order valence-electron chi connectivity index (χ2n) is 6.66. The van der Waals surface area contributed by atoms with E-state index in [1.807, 2.05) is 0 Å². The molecule has 0 saturated heterocycles. The third kappa shape index (κ3) is 3.74. The summed E-state index contributed by atoms with van der Waals surface area (Å²) in [6, 6.07) is 20.1. The highest BCUT2D eigenvalue weighted by Crippen LogP contribution is 2.33. The molecule has 2 aromatic carbocycles. The maximum atomic E-state index is 4.87. The van der Waals surface area contributed by atoms with Crippen molar-refractivity contribution in [1.29, 1.82) is 0 Å². The lowest BCUT2D eigenvalue weighted by Gasteiger charge is -2.21. The first kappa shape index (κ1) is 16.9. The van der Waals surface area contributed by atoms with Crippen LogP contribution in [0.5, 0.6) is 0 Å². The molecule has 0 saturated carbocycles. The van der Waals surface area contributed by atoms with Gasteiger partial charge < -0.3 is 0 Å². The molecule has 0 fully saturated rings. The summed E-state index contributed by atoms with van der Waals surface area (Å²) in [6.07, 6.45) is 0. The Morgan fingerprint density at radius 1 is 0.625 bits per heavy atom. The van der Waals surface area contributed by atoms with Gasteiger partial charge in [0.25, 0.3) is 0 Å². The van der Waals surface area contributed by atoms with E-state index in [-0.39, 0.29) is 0 Å². The molecule has 24 heavy (non-hydrogen) atoms. The lowest BCUT2D eigenvalue weighted by atomic mass is 10.2. The van der Waals surface area contributed by atoms with Gasteiger partial charge in [-0.3, -0.25) is 4.98 Å². The summed E-state index contributed by atoms with van der Waals surface area (Å²) in [6.45, 7) is 10.8. The van der Waals surface area contributed by atoms with E-state index in [4.69, 9.17) is 4.98 Å². The Hall–Kier alpha value is -1.98. The van der Waals surface area contributed by atoms with Crippen molar-refractivity contribution in [3.05, 3.63) is 82.5 Å². The molecule has 3 rings (SSSR count). The topological polar surface area (TPSA) is 12.9 Å². The molecule has 0 aliphatic rings. The number of aromatic nitrogens is 1. The van der Waals surface area contributed by atoms with Crippen LogP contribution in [0.15, 0.2) is 54.6 Å². The Bertz CT molecular complexity index is 791. The van der Waals surface area contributed by atoms with Crippen LogP contribution < -0.4 is 16.0 Å². The molecule has 0 N–H and O–H groups in total. The second-order valence-corrected chi connectivity index (χ2v) is 8.83. The fraction of sp³-hybridized carbons (Fsp3) is 0.227. The van der Waals surface area contributed by atoms with E-state index in [0.29, 0.717) is 0 Å². The first-order valence-electron chi connectivity index (χ1n) is 8.33. The molecule has 1 nitrogen and oxygen atoms in total. The average molecular weight is 333 g/mol. The van der Waals surface area contributed by atoms with Gasteiger partial charge in [-0.05, 0) is 57.4 Å². The maximum absolute atomic E-state index is 4.87. The van der Waals surface area contributed by atoms with Crippen molar-refractivity contribution in [2.75, 3.05) is 0 Å². The molecule has 0 unspecified atom stereocenters. The monoisotopic (exact) mass is 333 g/mol. The molecular weight excluding hydrogens is 309 g/mol. The quantitative estimate of drug-likeness (QED) is 0.648. The van der Waals surface area contributed by atoms with Gasteiger partial charge in [0.1, 0.15) is 0 Å². The molecule has 2 heteroatoms. The van der Waals surface area contributed by atoms with Gasteiger partial charge in [-0.25, -0.2) is 0 Å². The number of pyridine rings is 1. The van der Waals surface area contributed by atoms with E-state index < -0.39 is 7.92 Å². The lowest BCUT2D eigenvalue weighted by Crippen LogP contribution is -2.24. The van der Waals surface area contributed by atoms with Crippen LogP contribution in [0.1, 0.15) is 27.9 Å². The van der Waals surface area contributed by atoms with Crippen molar-refractivity contribution >= 4 is 24.0 Å². The molecule has 0 aliphatic heterocycles. The number of benzene rings is 2. The third-order valence-corrected chi connectivity index (χ3v) is 6.29. The minimum atomic E-state index is -0.638. The molecular formula is C22H24NP. The molecule has 122 valence electrons. The Balaban J connectivity index is 2.24. The zero-order chi connectivity index (χ0) is 17.3. The smallest absolute Gasteiger partial charge is 0.0724 e. The van der Waals surface area contributed by atoms with E-state index in [2.05, 4.69) is 89.2 Å². The average Bonchev–Trinajstić information content (AvgIpc) is 2.45. The van der Waals surface area contributed by atoms with E-state index in [9.17, 15) is 0 Å². The largest absolute Gasteiger partial charge is 0.253 e. The molecule has 1 aromatic heterocycles. The number of rotatable bonds is 3. The highest BCUT2D eigenvalue weighted by molar-refractivity contribution is 7.79. The Morgan fingerprint density at radius 3 is 1.50 bits per heavy atom. The molecule has 1 heterocycles. The van der Waals surface area contributed by atoms with Crippen LogP contribution in [0.25, 0.3) is 0 Å². The van der Waals surface area contributed by atoms with Gasteiger partial charge in [0.2, 0.25) is 0 Å². The summed E-state index contributed by atoms with van der Waals surface area (Å²) >= 11 is 0. The first-order chi connectivity index (χ1) is 11.4. The van der Waals surface area contributed by atoms with Crippen molar-refractivity contribution in [2.24, 2.45) is 0 Å². The normalized spacial score (nSPS) is 11.1. The van der Waals surface area contributed by atoms with Gasteiger partial charge >= 0.3 is 0 Å². The van der Waals surface area contributed by atoms with Gasteiger partial charge in [0.05, 0.1) is 5.44 Å². The highest BCUT2D eigenvalue weighted by Gasteiger charge is 2.19. The number of hydrogen-bond acceptors (Lipinski definition) is 1. The van der Waals surface area contributed by atoms with E-state index in [0.717, 1.165) is 5.69 Å². The fourth-order valence-corrected chi connectivity index (χ4v) is 5.88. The third-order valence-electron chi connectivity index (χ3n) is 4.03. The predicted molar refractivity (Wildman–Crippen MR) is 107 cm³/mol. The minimum absolute atomic E-state index is 0.638. The predicted octanol–water partition coefficient (Wildman–Crippen LogP) is 4.38. The van der Waals surface area contributed by atoms with Crippen LogP contribution in [0.3, 0.4) is 0 Å². The van der Waals surface area contributed by atoms with Crippen LogP contribution in [0, 0.1) is 34.6 Å². The van der Waals surface area contributed by atoms with Gasteiger partial charge in [0.15, 0.2) is 0 Å². The first-order valence-corrected chi connectivity index (χ1v) is 9.67. The van der Waals surface area contributed by atoms with Gasteiger partial charge in [-0.1, -0.05) is 64.7 Å². The zero-order valence-electron chi connectivity index (χ0n) is 15.1. The zero-order valence-corrected chi connectivity index (χ0v) is 16.0. The van der Waals surface area contributed by atoms with Crippen LogP contribution in [0.2, 0.25) is 0 Å². The van der Waals surface area contributed by atoms with Crippen molar-refractivity contribution in [3.8, 4) is 0 Å².